The topological polar surface area (TPSA) is 61.5 Å². The summed E-state index contributed by atoms with van der Waals surface area (Å²) in [4.78, 5) is 7.96. The number of halogens is 1. The minimum Gasteiger partial charge on any atom is -0.475 e. The largest absolute Gasteiger partial charge is 0.475 e. The van der Waals surface area contributed by atoms with Gasteiger partial charge in [0.25, 0.3) is 5.78 Å². The highest BCUT2D eigenvalue weighted by Crippen LogP contribution is 2.16. The minimum atomic E-state index is -0.179. The van der Waals surface area contributed by atoms with Gasteiger partial charge in [-0.1, -0.05) is 11.6 Å². The van der Waals surface area contributed by atoms with Gasteiger partial charge in [0.2, 0.25) is 5.88 Å². The van der Waals surface area contributed by atoms with Crippen molar-refractivity contribution < 1.29 is 9.47 Å². The Hall–Kier alpha value is -1.40. The first-order valence-electron chi connectivity index (χ1n) is 5.59. The molecule has 2 rings (SSSR count). The lowest BCUT2D eigenvalue weighted by atomic mass is 10.2. The van der Waals surface area contributed by atoms with Gasteiger partial charge in [-0.15, -0.1) is 0 Å². The zero-order valence-electron chi connectivity index (χ0n) is 10.6. The molecule has 7 heteroatoms. The quantitative estimate of drug-likeness (QED) is 0.628. The molecule has 18 heavy (non-hydrogen) atoms. The van der Waals surface area contributed by atoms with Crippen LogP contribution in [0.3, 0.4) is 0 Å². The van der Waals surface area contributed by atoms with E-state index in [0.29, 0.717) is 30.0 Å². The zero-order chi connectivity index (χ0) is 13.2. The molecule has 2 aromatic heterocycles. The summed E-state index contributed by atoms with van der Waals surface area (Å²) in [5.74, 6) is 0.911. The fraction of sp³-hybridized carbons (Fsp3) is 0.545. The predicted octanol–water partition coefficient (Wildman–Crippen LogP) is 1.97. The van der Waals surface area contributed by atoms with Gasteiger partial charge in [0.15, 0.2) is 0 Å². The molecule has 0 fully saturated rings. The monoisotopic (exact) mass is 270 g/mol. The molecule has 0 spiro atoms. The lowest BCUT2D eigenvalue weighted by Gasteiger charge is -2.19. The number of rotatable bonds is 4. The van der Waals surface area contributed by atoms with E-state index in [2.05, 4.69) is 15.1 Å². The van der Waals surface area contributed by atoms with Crippen LogP contribution in [0.1, 0.15) is 20.8 Å². The van der Waals surface area contributed by atoms with Gasteiger partial charge in [-0.2, -0.15) is 19.6 Å². The summed E-state index contributed by atoms with van der Waals surface area (Å²) in [5, 5.41) is 4.33. The van der Waals surface area contributed by atoms with E-state index in [9.17, 15) is 0 Å². The van der Waals surface area contributed by atoms with Crippen LogP contribution in [-0.2, 0) is 4.74 Å². The molecule has 2 aromatic rings. The number of hydrogen-bond donors (Lipinski definition) is 0. The van der Waals surface area contributed by atoms with Crippen LogP contribution in [0.4, 0.5) is 0 Å². The van der Waals surface area contributed by atoms with Crippen molar-refractivity contribution in [1.82, 2.24) is 19.6 Å². The highest BCUT2D eigenvalue weighted by molar-refractivity contribution is 6.29. The maximum absolute atomic E-state index is 5.86. The summed E-state index contributed by atoms with van der Waals surface area (Å²) in [6.07, 6.45) is 1.40. The van der Waals surface area contributed by atoms with Crippen LogP contribution < -0.4 is 4.74 Å². The molecule has 0 amide bonds. The smallest absolute Gasteiger partial charge is 0.256 e. The van der Waals surface area contributed by atoms with E-state index >= 15 is 0 Å². The molecule has 0 aliphatic heterocycles. The Morgan fingerprint density at radius 2 is 2.11 bits per heavy atom. The number of ether oxygens (including phenoxy) is 2. The SMILES string of the molecule is CC(C)(C)OCCOc1cc(Cl)nc2ncnn12. The summed E-state index contributed by atoms with van der Waals surface area (Å²) in [5.41, 5.74) is -0.179. The third-order valence-electron chi connectivity index (χ3n) is 2.06. The Morgan fingerprint density at radius 3 is 2.83 bits per heavy atom. The Morgan fingerprint density at radius 1 is 1.33 bits per heavy atom. The Labute approximate surface area is 110 Å². The van der Waals surface area contributed by atoms with E-state index < -0.39 is 0 Å². The minimum absolute atomic E-state index is 0.179. The van der Waals surface area contributed by atoms with Crippen molar-refractivity contribution in [3.63, 3.8) is 0 Å². The number of hydrogen-bond acceptors (Lipinski definition) is 5. The standard InChI is InChI=1S/C11H15ClN4O2/c1-11(2,3)18-5-4-17-9-6-8(12)15-10-13-7-14-16(9)10/h6-7H,4-5H2,1-3H3. The average Bonchev–Trinajstić information content (AvgIpc) is 2.70. The van der Waals surface area contributed by atoms with Crippen LogP contribution in [0.15, 0.2) is 12.4 Å². The van der Waals surface area contributed by atoms with Crippen molar-refractivity contribution in [3.05, 3.63) is 17.5 Å². The van der Waals surface area contributed by atoms with Gasteiger partial charge >= 0.3 is 0 Å². The lowest BCUT2D eigenvalue weighted by Crippen LogP contribution is -2.22. The zero-order valence-corrected chi connectivity index (χ0v) is 11.3. The molecule has 0 radical (unpaired) electrons. The van der Waals surface area contributed by atoms with E-state index in [-0.39, 0.29) is 5.60 Å². The molecule has 0 aromatic carbocycles. The molecule has 0 N–H and O–H groups in total. The molecule has 0 saturated heterocycles. The maximum atomic E-state index is 5.86. The highest BCUT2D eigenvalue weighted by Gasteiger charge is 2.11. The van der Waals surface area contributed by atoms with Gasteiger partial charge in [-0.25, -0.2) is 0 Å². The van der Waals surface area contributed by atoms with Gasteiger partial charge in [-0.3, -0.25) is 0 Å². The van der Waals surface area contributed by atoms with Gasteiger partial charge < -0.3 is 9.47 Å². The predicted molar refractivity (Wildman–Crippen MR) is 67.0 cm³/mol. The first-order valence-corrected chi connectivity index (χ1v) is 5.96. The fourth-order valence-corrected chi connectivity index (χ4v) is 1.52. The highest BCUT2D eigenvalue weighted by atomic mass is 35.5. The van der Waals surface area contributed by atoms with Crippen LogP contribution in [0.25, 0.3) is 5.78 Å². The fourth-order valence-electron chi connectivity index (χ4n) is 1.35. The summed E-state index contributed by atoms with van der Waals surface area (Å²) in [7, 11) is 0. The Kier molecular flexibility index (Phi) is 3.68. The summed E-state index contributed by atoms with van der Waals surface area (Å²) >= 11 is 5.86. The molecule has 0 bridgehead atoms. The van der Waals surface area contributed by atoms with Crippen LogP contribution >= 0.6 is 11.6 Å². The van der Waals surface area contributed by atoms with Crippen LogP contribution in [0.5, 0.6) is 5.88 Å². The average molecular weight is 271 g/mol. The maximum Gasteiger partial charge on any atom is 0.256 e. The van der Waals surface area contributed by atoms with Crippen molar-refractivity contribution >= 4 is 17.4 Å². The third kappa shape index (κ3) is 3.30. The van der Waals surface area contributed by atoms with Gasteiger partial charge in [0.1, 0.15) is 18.1 Å². The lowest BCUT2D eigenvalue weighted by molar-refractivity contribution is -0.0170. The van der Waals surface area contributed by atoms with E-state index in [0.717, 1.165) is 0 Å². The van der Waals surface area contributed by atoms with Crippen LogP contribution in [-0.4, -0.2) is 38.4 Å². The van der Waals surface area contributed by atoms with Crippen molar-refractivity contribution in [2.24, 2.45) is 0 Å². The number of aromatic nitrogens is 4. The van der Waals surface area contributed by atoms with E-state index in [1.165, 1.54) is 10.8 Å². The third-order valence-corrected chi connectivity index (χ3v) is 2.25. The van der Waals surface area contributed by atoms with Crippen LogP contribution in [0, 0.1) is 0 Å². The van der Waals surface area contributed by atoms with E-state index in [1.807, 2.05) is 20.8 Å². The van der Waals surface area contributed by atoms with Crippen molar-refractivity contribution in [2.75, 3.05) is 13.2 Å². The number of nitrogens with zero attached hydrogens (tertiary/aromatic N) is 4. The molecular formula is C11H15ClN4O2. The summed E-state index contributed by atoms with van der Waals surface area (Å²) in [6.45, 7) is 6.87. The second kappa shape index (κ2) is 5.07. The van der Waals surface area contributed by atoms with Gasteiger partial charge in [-0.05, 0) is 20.8 Å². The van der Waals surface area contributed by atoms with Crippen molar-refractivity contribution in [1.29, 1.82) is 0 Å². The Bertz CT molecular complexity index is 535. The second-order valence-corrected chi connectivity index (χ2v) is 5.09. The van der Waals surface area contributed by atoms with Crippen LogP contribution in [0.2, 0.25) is 5.15 Å². The molecule has 0 atom stereocenters. The molecule has 98 valence electrons. The van der Waals surface area contributed by atoms with Gasteiger partial charge in [0, 0.05) is 6.07 Å². The second-order valence-electron chi connectivity index (χ2n) is 4.70. The molecule has 0 aliphatic rings. The van der Waals surface area contributed by atoms with Crippen molar-refractivity contribution in [2.45, 2.75) is 26.4 Å². The molecular weight excluding hydrogens is 256 g/mol. The summed E-state index contributed by atoms with van der Waals surface area (Å²) < 4.78 is 12.6. The van der Waals surface area contributed by atoms with E-state index in [1.54, 1.807) is 6.07 Å². The Balaban J connectivity index is 2.01. The molecule has 6 nitrogen and oxygen atoms in total. The van der Waals surface area contributed by atoms with E-state index in [4.69, 9.17) is 21.1 Å². The van der Waals surface area contributed by atoms with Crippen molar-refractivity contribution in [3.8, 4) is 5.88 Å². The molecule has 0 saturated carbocycles. The normalized spacial score (nSPS) is 12.0. The molecule has 0 unspecified atom stereocenters. The summed E-state index contributed by atoms with van der Waals surface area (Å²) in [6, 6.07) is 1.60. The molecule has 0 aliphatic carbocycles. The number of fused-ring (bicyclic) bond motifs is 1. The molecule has 2 heterocycles. The van der Waals surface area contributed by atoms with Gasteiger partial charge in [0.05, 0.1) is 12.2 Å². The first-order chi connectivity index (χ1) is 8.46. The first kappa shape index (κ1) is 13.0.